The molecule has 0 fully saturated rings. The summed E-state index contributed by atoms with van der Waals surface area (Å²) < 4.78 is 1.78. The van der Waals surface area contributed by atoms with Crippen LogP contribution in [0.2, 0.25) is 5.02 Å². The molecule has 0 atom stereocenters. The molecule has 2 rings (SSSR count). The quantitative estimate of drug-likeness (QED) is 0.821. The second-order valence-electron chi connectivity index (χ2n) is 4.07. The van der Waals surface area contributed by atoms with Gasteiger partial charge in [-0.15, -0.1) is 0 Å². The van der Waals surface area contributed by atoms with Crippen LogP contribution in [0.5, 0.6) is 0 Å². The summed E-state index contributed by atoms with van der Waals surface area (Å²) >= 11 is 6.12. The van der Waals surface area contributed by atoms with Gasteiger partial charge in [-0.2, -0.15) is 0 Å². The molecule has 1 aromatic carbocycles. The fraction of sp³-hybridized carbons (Fsp3) is 0.231. The number of aryl methyl sites for hydroxylation is 1. The Morgan fingerprint density at radius 1 is 1.41 bits per heavy atom. The Balaban J connectivity index is 2.90. The molecule has 2 aromatic rings. The van der Waals surface area contributed by atoms with Gasteiger partial charge in [0.25, 0.3) is 0 Å². The summed E-state index contributed by atoms with van der Waals surface area (Å²) in [5, 5.41) is 1.04. The summed E-state index contributed by atoms with van der Waals surface area (Å²) in [6.45, 7) is 3.54. The first-order valence-electron chi connectivity index (χ1n) is 5.29. The summed E-state index contributed by atoms with van der Waals surface area (Å²) in [6, 6.07) is 6.71. The molecule has 1 aromatic heterocycles. The normalized spacial score (nSPS) is 10.8. The van der Waals surface area contributed by atoms with Crippen molar-refractivity contribution in [3.05, 3.63) is 45.2 Å². The largest absolute Gasteiger partial charge is 0.336 e. The Labute approximate surface area is 104 Å². The molecule has 0 aliphatic heterocycles. The van der Waals surface area contributed by atoms with Crippen LogP contribution in [0.3, 0.4) is 0 Å². The van der Waals surface area contributed by atoms with Crippen LogP contribution in [0.1, 0.15) is 12.6 Å². The fourth-order valence-electron chi connectivity index (χ4n) is 1.94. The number of halogens is 1. The number of fused-ring (bicyclic) bond motifs is 1. The minimum atomic E-state index is -0.0696. The molecule has 0 saturated carbocycles. The highest BCUT2D eigenvalue weighted by Gasteiger charge is 2.10. The number of Topliss-reactive ketones (excluding diaryl/α,β-unsaturated/α-hetero) is 1. The number of hydrogen-bond acceptors (Lipinski definition) is 2. The number of benzene rings is 1. The zero-order chi connectivity index (χ0) is 12.6. The molecule has 0 radical (unpaired) electrons. The number of aromatic nitrogens is 1. The van der Waals surface area contributed by atoms with Crippen LogP contribution in [0.4, 0.5) is 0 Å². The summed E-state index contributed by atoms with van der Waals surface area (Å²) in [5.74, 6) is 0.0259. The third-order valence-corrected chi connectivity index (χ3v) is 2.97. The molecule has 1 heterocycles. The molecule has 0 N–H and O–H groups in total. The van der Waals surface area contributed by atoms with Crippen LogP contribution in [-0.2, 0) is 11.3 Å². The van der Waals surface area contributed by atoms with Crippen molar-refractivity contribution in [2.45, 2.75) is 20.4 Å². The lowest BCUT2D eigenvalue weighted by Crippen LogP contribution is -2.15. The Morgan fingerprint density at radius 3 is 2.76 bits per heavy atom. The number of hydrogen-bond donors (Lipinski definition) is 0. The van der Waals surface area contributed by atoms with E-state index in [1.165, 1.54) is 13.0 Å². The molecular weight excluding hydrogens is 238 g/mol. The van der Waals surface area contributed by atoms with E-state index < -0.39 is 0 Å². The number of carbonyl (C=O) groups excluding carboxylic acids is 1. The standard InChI is InChI=1S/C13H12ClNO2/c1-8-6-12(17)10-4-3-5-11(14)13(10)15(8)7-9(2)16/h3-6H,7H2,1-2H3. The van der Waals surface area contributed by atoms with E-state index in [9.17, 15) is 9.59 Å². The fourth-order valence-corrected chi connectivity index (χ4v) is 2.21. The Morgan fingerprint density at radius 2 is 2.12 bits per heavy atom. The molecule has 17 heavy (non-hydrogen) atoms. The van der Waals surface area contributed by atoms with Gasteiger partial charge in [-0.25, -0.2) is 0 Å². The third-order valence-electron chi connectivity index (χ3n) is 2.67. The van der Waals surface area contributed by atoms with E-state index in [0.29, 0.717) is 15.9 Å². The van der Waals surface area contributed by atoms with Crippen molar-refractivity contribution in [3.8, 4) is 0 Å². The van der Waals surface area contributed by atoms with E-state index in [1.807, 2.05) is 0 Å². The number of carbonyl (C=O) groups is 1. The van der Waals surface area contributed by atoms with E-state index in [0.717, 1.165) is 5.69 Å². The minimum absolute atomic E-state index is 0.0259. The molecular formula is C13H12ClNO2. The summed E-state index contributed by atoms with van der Waals surface area (Å²) in [7, 11) is 0. The van der Waals surface area contributed by atoms with Gasteiger partial charge in [-0.1, -0.05) is 17.7 Å². The molecule has 88 valence electrons. The second kappa shape index (κ2) is 4.34. The van der Waals surface area contributed by atoms with Gasteiger partial charge in [0.1, 0.15) is 5.78 Å². The van der Waals surface area contributed by atoms with Gasteiger partial charge in [-0.3, -0.25) is 9.59 Å². The molecule has 3 nitrogen and oxygen atoms in total. The Kier molecular flexibility index (Phi) is 3.03. The Bertz CT molecular complexity index is 658. The van der Waals surface area contributed by atoms with Crippen LogP contribution < -0.4 is 5.43 Å². The molecule has 0 aliphatic carbocycles. The SMILES string of the molecule is CC(=O)Cn1c(C)cc(=O)c2cccc(Cl)c21. The predicted octanol–water partition coefficient (Wildman–Crippen LogP) is 2.55. The highest BCUT2D eigenvalue weighted by molar-refractivity contribution is 6.35. The number of pyridine rings is 1. The lowest BCUT2D eigenvalue weighted by Gasteiger charge is -2.13. The second-order valence-corrected chi connectivity index (χ2v) is 4.48. The van der Waals surface area contributed by atoms with Crippen molar-refractivity contribution in [2.75, 3.05) is 0 Å². The first-order valence-corrected chi connectivity index (χ1v) is 5.66. The van der Waals surface area contributed by atoms with Crippen molar-refractivity contribution < 1.29 is 4.79 Å². The van der Waals surface area contributed by atoms with E-state index in [1.54, 1.807) is 29.7 Å². The number of para-hydroxylation sites is 1. The highest BCUT2D eigenvalue weighted by atomic mass is 35.5. The van der Waals surface area contributed by atoms with Gasteiger partial charge in [-0.05, 0) is 26.0 Å². The first-order chi connectivity index (χ1) is 8.00. The highest BCUT2D eigenvalue weighted by Crippen LogP contribution is 2.22. The topological polar surface area (TPSA) is 39.1 Å². The summed E-state index contributed by atoms with van der Waals surface area (Å²) in [4.78, 5) is 23.1. The minimum Gasteiger partial charge on any atom is -0.336 e. The average molecular weight is 250 g/mol. The average Bonchev–Trinajstić information content (AvgIpc) is 2.24. The van der Waals surface area contributed by atoms with Gasteiger partial charge in [0.05, 0.1) is 17.1 Å². The van der Waals surface area contributed by atoms with Crippen LogP contribution in [0, 0.1) is 6.92 Å². The van der Waals surface area contributed by atoms with Crippen LogP contribution >= 0.6 is 11.6 Å². The zero-order valence-corrected chi connectivity index (χ0v) is 10.4. The van der Waals surface area contributed by atoms with Gasteiger partial charge in [0, 0.05) is 17.1 Å². The first kappa shape index (κ1) is 11.9. The molecule has 0 amide bonds. The van der Waals surface area contributed by atoms with Crippen molar-refractivity contribution in [1.82, 2.24) is 4.57 Å². The maximum atomic E-state index is 11.8. The van der Waals surface area contributed by atoms with Gasteiger partial charge >= 0.3 is 0 Å². The predicted molar refractivity (Wildman–Crippen MR) is 68.6 cm³/mol. The molecule has 4 heteroatoms. The van der Waals surface area contributed by atoms with Crippen molar-refractivity contribution >= 4 is 28.3 Å². The van der Waals surface area contributed by atoms with Crippen molar-refractivity contribution in [1.29, 1.82) is 0 Å². The van der Waals surface area contributed by atoms with Gasteiger partial charge in [0.15, 0.2) is 5.43 Å². The maximum absolute atomic E-state index is 11.8. The number of ketones is 1. The van der Waals surface area contributed by atoms with E-state index in [-0.39, 0.29) is 17.8 Å². The van der Waals surface area contributed by atoms with Crippen molar-refractivity contribution in [3.63, 3.8) is 0 Å². The molecule has 0 aliphatic rings. The summed E-state index contributed by atoms with van der Waals surface area (Å²) in [5.41, 5.74) is 1.31. The van der Waals surface area contributed by atoms with Crippen molar-refractivity contribution in [2.24, 2.45) is 0 Å². The molecule has 0 spiro atoms. The zero-order valence-electron chi connectivity index (χ0n) is 9.66. The number of rotatable bonds is 2. The molecule has 0 saturated heterocycles. The van der Waals surface area contributed by atoms with E-state index in [4.69, 9.17) is 11.6 Å². The smallest absolute Gasteiger partial charge is 0.189 e. The summed E-state index contributed by atoms with van der Waals surface area (Å²) in [6.07, 6.45) is 0. The van der Waals surface area contributed by atoms with Crippen LogP contribution in [-0.4, -0.2) is 10.4 Å². The Hall–Kier alpha value is -1.61. The molecule has 0 unspecified atom stereocenters. The van der Waals surface area contributed by atoms with E-state index >= 15 is 0 Å². The maximum Gasteiger partial charge on any atom is 0.189 e. The monoisotopic (exact) mass is 249 g/mol. The van der Waals surface area contributed by atoms with Gasteiger partial charge < -0.3 is 4.57 Å². The lowest BCUT2D eigenvalue weighted by molar-refractivity contribution is -0.117. The number of nitrogens with zero attached hydrogens (tertiary/aromatic N) is 1. The third kappa shape index (κ3) is 2.11. The van der Waals surface area contributed by atoms with Crippen LogP contribution in [0.15, 0.2) is 29.1 Å². The van der Waals surface area contributed by atoms with Crippen LogP contribution in [0.25, 0.3) is 10.9 Å². The molecule has 0 bridgehead atoms. The van der Waals surface area contributed by atoms with E-state index in [2.05, 4.69) is 0 Å². The van der Waals surface area contributed by atoms with Gasteiger partial charge in [0.2, 0.25) is 0 Å². The lowest BCUT2D eigenvalue weighted by atomic mass is 10.1.